The zero-order chi connectivity index (χ0) is 25.7. The van der Waals surface area contributed by atoms with Gasteiger partial charge in [-0.1, -0.05) is 19.1 Å². The molecule has 35 heavy (non-hydrogen) atoms. The summed E-state index contributed by atoms with van der Waals surface area (Å²) in [7, 11) is 1.25. The number of methoxy groups -OCH3 is 1. The third kappa shape index (κ3) is 5.59. The Kier molecular flexibility index (Phi) is 8.39. The molecule has 1 fully saturated rings. The standard InChI is InChI=1S/C25H32N4O6/c1-15(10-13-30)23(28-11-5-6-12-28)27-24(31)20-16(2)26-17(3)21(25(32)35-4)22(20)18-8-7-9-19(14-18)29(33)34/h7-9,13-15,22-23,26H,5-6,10-12H2,1-4H3,(H,27,31)/t15-,22-,23?/m0/s1. The van der Waals surface area contributed by atoms with Gasteiger partial charge in [-0.15, -0.1) is 0 Å². The number of carbonyl (C=O) groups excluding carboxylic acids is 3. The number of rotatable bonds is 9. The topological polar surface area (TPSA) is 131 Å². The van der Waals surface area contributed by atoms with Crippen molar-refractivity contribution in [1.29, 1.82) is 0 Å². The largest absolute Gasteiger partial charge is 0.466 e. The van der Waals surface area contributed by atoms with E-state index in [1.165, 1.54) is 25.3 Å². The average Bonchev–Trinajstić information content (AvgIpc) is 3.36. The second-order valence-electron chi connectivity index (χ2n) is 9.02. The first-order valence-electron chi connectivity index (χ1n) is 11.7. The molecule has 2 aliphatic heterocycles. The van der Waals surface area contributed by atoms with E-state index in [1.807, 2.05) is 6.92 Å². The number of likely N-dealkylation sites (tertiary alicyclic amines) is 1. The maximum Gasteiger partial charge on any atom is 0.336 e. The van der Waals surface area contributed by atoms with Gasteiger partial charge in [-0.05, 0) is 38.2 Å². The number of nitrogens with one attached hydrogen (secondary N) is 2. The first kappa shape index (κ1) is 26.1. The molecule has 2 heterocycles. The van der Waals surface area contributed by atoms with Crippen LogP contribution in [0.2, 0.25) is 0 Å². The van der Waals surface area contributed by atoms with E-state index in [-0.39, 0.29) is 28.9 Å². The minimum atomic E-state index is -0.871. The monoisotopic (exact) mass is 484 g/mol. The average molecular weight is 485 g/mol. The van der Waals surface area contributed by atoms with Gasteiger partial charge in [-0.3, -0.25) is 19.8 Å². The Morgan fingerprint density at radius 1 is 1.26 bits per heavy atom. The number of nitrogens with zero attached hydrogens (tertiary/aromatic N) is 2. The lowest BCUT2D eigenvalue weighted by Gasteiger charge is -2.35. The first-order valence-corrected chi connectivity index (χ1v) is 11.7. The van der Waals surface area contributed by atoms with Crippen LogP contribution in [-0.2, 0) is 19.1 Å². The van der Waals surface area contributed by atoms with Gasteiger partial charge >= 0.3 is 5.97 Å². The van der Waals surface area contributed by atoms with Crippen LogP contribution in [0.3, 0.4) is 0 Å². The highest BCUT2D eigenvalue weighted by atomic mass is 16.6. The molecule has 10 heteroatoms. The van der Waals surface area contributed by atoms with Crippen molar-refractivity contribution in [3.8, 4) is 0 Å². The maximum absolute atomic E-state index is 13.8. The number of allylic oxidation sites excluding steroid dienone is 2. The molecular weight excluding hydrogens is 452 g/mol. The normalized spacial score (nSPS) is 20.2. The molecule has 0 aromatic heterocycles. The van der Waals surface area contributed by atoms with E-state index < -0.39 is 22.7 Å². The van der Waals surface area contributed by atoms with Crippen LogP contribution in [-0.4, -0.2) is 54.4 Å². The van der Waals surface area contributed by atoms with Crippen LogP contribution in [0.15, 0.2) is 46.8 Å². The van der Waals surface area contributed by atoms with Crippen molar-refractivity contribution in [2.24, 2.45) is 5.92 Å². The van der Waals surface area contributed by atoms with Crippen LogP contribution in [0.1, 0.15) is 51.5 Å². The number of dihydropyridines is 1. The number of carbonyl (C=O) groups is 3. The lowest BCUT2D eigenvalue weighted by atomic mass is 9.79. The minimum absolute atomic E-state index is 0.124. The molecule has 1 aromatic carbocycles. The molecule has 0 spiro atoms. The highest BCUT2D eigenvalue weighted by Crippen LogP contribution is 2.40. The zero-order valence-electron chi connectivity index (χ0n) is 20.5. The lowest BCUT2D eigenvalue weighted by Crippen LogP contribution is -2.52. The summed E-state index contributed by atoms with van der Waals surface area (Å²) >= 11 is 0. The van der Waals surface area contributed by atoms with Gasteiger partial charge in [0, 0.05) is 48.6 Å². The van der Waals surface area contributed by atoms with E-state index in [2.05, 4.69) is 15.5 Å². The molecule has 2 N–H and O–H groups in total. The molecular formula is C25H32N4O6. The second-order valence-corrected chi connectivity index (χ2v) is 9.02. The molecule has 3 rings (SSSR count). The van der Waals surface area contributed by atoms with E-state index in [1.54, 1.807) is 19.9 Å². The number of ether oxygens (including phenoxy) is 1. The van der Waals surface area contributed by atoms with Crippen LogP contribution in [0.5, 0.6) is 0 Å². The molecule has 0 saturated carbocycles. The van der Waals surface area contributed by atoms with Gasteiger partial charge in [-0.25, -0.2) is 4.79 Å². The molecule has 1 saturated heterocycles. The van der Waals surface area contributed by atoms with Crippen LogP contribution in [0.4, 0.5) is 5.69 Å². The summed E-state index contributed by atoms with van der Waals surface area (Å²) in [5, 5.41) is 17.6. The van der Waals surface area contributed by atoms with Gasteiger partial charge in [0.05, 0.1) is 29.7 Å². The SMILES string of the molecule is COC(=O)C1=C(C)NC(C)=C(C(=O)NC([C@@H](C)CC=O)N2CCCC2)[C@@H]1c1cccc([N+](=O)[O-])c1. The second kappa shape index (κ2) is 11.3. The van der Waals surface area contributed by atoms with Gasteiger partial charge < -0.3 is 20.2 Å². The Balaban J connectivity index is 2.07. The van der Waals surface area contributed by atoms with Gasteiger partial charge in [-0.2, -0.15) is 0 Å². The summed E-state index contributed by atoms with van der Waals surface area (Å²) in [6, 6.07) is 5.93. The third-order valence-corrected chi connectivity index (χ3v) is 6.64. The summed E-state index contributed by atoms with van der Waals surface area (Å²) < 4.78 is 5.01. The first-order chi connectivity index (χ1) is 16.7. The molecule has 0 aliphatic carbocycles. The number of non-ortho nitro benzene ring substituents is 1. The van der Waals surface area contributed by atoms with Gasteiger partial charge in [0.25, 0.3) is 11.6 Å². The number of aldehydes is 1. The number of hydrogen-bond acceptors (Lipinski definition) is 8. The molecule has 2 aliphatic rings. The summed E-state index contributed by atoms with van der Waals surface area (Å²) in [5.41, 5.74) is 1.82. The van der Waals surface area contributed by atoms with Gasteiger partial charge in [0.15, 0.2) is 0 Å². The molecule has 10 nitrogen and oxygen atoms in total. The van der Waals surface area contributed by atoms with E-state index >= 15 is 0 Å². The number of esters is 1. The highest BCUT2D eigenvalue weighted by Gasteiger charge is 2.39. The Labute approximate surface area is 204 Å². The Hall–Kier alpha value is -3.53. The zero-order valence-corrected chi connectivity index (χ0v) is 20.5. The molecule has 1 aromatic rings. The summed E-state index contributed by atoms with van der Waals surface area (Å²) in [6.07, 6.45) is 2.79. The van der Waals surface area contributed by atoms with Crippen molar-refractivity contribution in [2.75, 3.05) is 20.2 Å². The van der Waals surface area contributed by atoms with E-state index in [0.717, 1.165) is 32.2 Å². The predicted molar refractivity (Wildman–Crippen MR) is 129 cm³/mol. The highest BCUT2D eigenvalue weighted by molar-refractivity contribution is 6.02. The molecule has 0 bridgehead atoms. The molecule has 1 amide bonds. The number of nitro benzene ring substituents is 1. The van der Waals surface area contributed by atoms with Crippen LogP contribution in [0, 0.1) is 16.0 Å². The van der Waals surface area contributed by atoms with Crippen LogP contribution < -0.4 is 10.6 Å². The number of nitro groups is 1. The number of benzene rings is 1. The van der Waals surface area contributed by atoms with E-state index in [9.17, 15) is 24.5 Å². The Bertz CT molecular complexity index is 1070. The van der Waals surface area contributed by atoms with Crippen molar-refractivity contribution in [1.82, 2.24) is 15.5 Å². The van der Waals surface area contributed by atoms with Gasteiger partial charge in [0.1, 0.15) is 6.29 Å². The Morgan fingerprint density at radius 3 is 2.51 bits per heavy atom. The van der Waals surface area contributed by atoms with Gasteiger partial charge in [0.2, 0.25) is 0 Å². The van der Waals surface area contributed by atoms with E-state index in [4.69, 9.17) is 4.74 Å². The van der Waals surface area contributed by atoms with Crippen LogP contribution in [0.25, 0.3) is 0 Å². The fourth-order valence-electron chi connectivity index (χ4n) is 4.93. The predicted octanol–water partition coefficient (Wildman–Crippen LogP) is 2.77. The van der Waals surface area contributed by atoms with E-state index in [0.29, 0.717) is 23.4 Å². The third-order valence-electron chi connectivity index (χ3n) is 6.64. The van der Waals surface area contributed by atoms with Crippen molar-refractivity contribution in [3.63, 3.8) is 0 Å². The smallest absolute Gasteiger partial charge is 0.336 e. The quantitative estimate of drug-likeness (QED) is 0.237. The fourth-order valence-corrected chi connectivity index (χ4v) is 4.93. The summed E-state index contributed by atoms with van der Waals surface area (Å²) in [4.78, 5) is 51.0. The minimum Gasteiger partial charge on any atom is -0.466 e. The lowest BCUT2D eigenvalue weighted by molar-refractivity contribution is -0.384. The van der Waals surface area contributed by atoms with Crippen molar-refractivity contribution >= 4 is 23.9 Å². The molecule has 1 unspecified atom stereocenters. The Morgan fingerprint density at radius 2 is 1.91 bits per heavy atom. The van der Waals surface area contributed by atoms with Crippen molar-refractivity contribution in [3.05, 3.63) is 62.5 Å². The molecule has 3 atom stereocenters. The maximum atomic E-state index is 13.8. The summed E-state index contributed by atoms with van der Waals surface area (Å²) in [5.74, 6) is -2.03. The van der Waals surface area contributed by atoms with Crippen molar-refractivity contribution < 1.29 is 24.0 Å². The summed E-state index contributed by atoms with van der Waals surface area (Å²) in [6.45, 7) is 6.97. The van der Waals surface area contributed by atoms with Crippen LogP contribution >= 0.6 is 0 Å². The fraction of sp³-hybridized carbons (Fsp3) is 0.480. The molecule has 0 radical (unpaired) electrons. The number of amides is 1. The number of hydrogen-bond donors (Lipinski definition) is 2. The van der Waals surface area contributed by atoms with Crippen molar-refractivity contribution in [2.45, 2.75) is 52.1 Å². The molecule has 188 valence electrons.